The molecule has 2 aromatic carbocycles. The normalized spacial score (nSPS) is 10.5. The molecule has 3 aromatic rings. The Balaban J connectivity index is 1.73. The SMILES string of the molecule is CCOc1ccc(N(CCC#N)C(=O)/C=C/c2ccc(Oc3cccnc3)c(F)c2)cc1. The highest BCUT2D eigenvalue weighted by Gasteiger charge is 2.13. The smallest absolute Gasteiger partial charge is 0.251 e. The van der Waals surface area contributed by atoms with Crippen LogP contribution in [-0.2, 0) is 4.79 Å². The zero-order valence-electron chi connectivity index (χ0n) is 17.6. The van der Waals surface area contributed by atoms with Crippen molar-refractivity contribution in [1.29, 1.82) is 5.26 Å². The van der Waals surface area contributed by atoms with Crippen molar-refractivity contribution in [2.75, 3.05) is 18.1 Å². The largest absolute Gasteiger partial charge is 0.494 e. The Bertz CT molecular complexity index is 1110. The summed E-state index contributed by atoms with van der Waals surface area (Å²) in [6.45, 7) is 2.67. The van der Waals surface area contributed by atoms with Gasteiger partial charge in [-0.25, -0.2) is 4.39 Å². The van der Waals surface area contributed by atoms with Crippen molar-refractivity contribution in [3.63, 3.8) is 0 Å². The molecule has 0 saturated heterocycles. The Morgan fingerprint density at radius 2 is 2.00 bits per heavy atom. The molecule has 32 heavy (non-hydrogen) atoms. The number of nitriles is 1. The van der Waals surface area contributed by atoms with Crippen LogP contribution in [0, 0.1) is 17.1 Å². The number of ether oxygens (including phenoxy) is 2. The van der Waals surface area contributed by atoms with Crippen LogP contribution in [0.5, 0.6) is 17.2 Å². The molecule has 0 spiro atoms. The van der Waals surface area contributed by atoms with Gasteiger partial charge in [-0.3, -0.25) is 9.78 Å². The fourth-order valence-electron chi connectivity index (χ4n) is 2.91. The lowest BCUT2D eigenvalue weighted by atomic mass is 10.2. The maximum atomic E-state index is 14.4. The van der Waals surface area contributed by atoms with Crippen molar-refractivity contribution in [2.24, 2.45) is 0 Å². The molecule has 3 rings (SSSR count). The van der Waals surface area contributed by atoms with Crippen LogP contribution in [0.25, 0.3) is 6.08 Å². The number of amides is 1. The fraction of sp³-hybridized carbons (Fsp3) is 0.160. The molecule has 1 amide bonds. The quantitative estimate of drug-likeness (QED) is 0.426. The number of benzene rings is 2. The molecule has 0 N–H and O–H groups in total. The second kappa shape index (κ2) is 11.3. The molecule has 0 radical (unpaired) electrons. The van der Waals surface area contributed by atoms with Gasteiger partial charge in [-0.05, 0) is 67.1 Å². The first-order chi connectivity index (χ1) is 15.6. The summed E-state index contributed by atoms with van der Waals surface area (Å²) in [5.74, 6) is 0.306. The maximum Gasteiger partial charge on any atom is 0.251 e. The van der Waals surface area contributed by atoms with Crippen LogP contribution < -0.4 is 14.4 Å². The van der Waals surface area contributed by atoms with E-state index in [2.05, 4.69) is 11.1 Å². The third kappa shape index (κ3) is 6.16. The molecule has 6 nitrogen and oxygen atoms in total. The van der Waals surface area contributed by atoms with Crippen molar-refractivity contribution < 1.29 is 18.7 Å². The molecule has 1 aromatic heterocycles. The predicted molar refractivity (Wildman–Crippen MR) is 120 cm³/mol. The molecule has 1 heterocycles. The van der Waals surface area contributed by atoms with Crippen molar-refractivity contribution in [2.45, 2.75) is 13.3 Å². The lowest BCUT2D eigenvalue weighted by molar-refractivity contribution is -0.114. The van der Waals surface area contributed by atoms with E-state index in [1.807, 2.05) is 6.92 Å². The fourth-order valence-corrected chi connectivity index (χ4v) is 2.91. The number of nitrogens with zero attached hydrogens (tertiary/aromatic N) is 3. The van der Waals surface area contributed by atoms with Gasteiger partial charge in [0.05, 0.1) is 25.3 Å². The molecular formula is C25H22FN3O3. The van der Waals surface area contributed by atoms with Crippen molar-refractivity contribution in [1.82, 2.24) is 4.98 Å². The zero-order valence-corrected chi connectivity index (χ0v) is 17.6. The van der Waals surface area contributed by atoms with Crippen LogP contribution in [-0.4, -0.2) is 24.0 Å². The molecule has 7 heteroatoms. The molecule has 0 unspecified atom stereocenters. The number of rotatable bonds is 9. The molecule has 0 aliphatic heterocycles. The first-order valence-corrected chi connectivity index (χ1v) is 10.1. The van der Waals surface area contributed by atoms with Gasteiger partial charge in [-0.15, -0.1) is 0 Å². The van der Waals surface area contributed by atoms with E-state index in [1.165, 1.54) is 35.4 Å². The van der Waals surface area contributed by atoms with Crippen LogP contribution in [0.4, 0.5) is 10.1 Å². The molecule has 162 valence electrons. The van der Waals surface area contributed by atoms with E-state index in [-0.39, 0.29) is 24.6 Å². The molecule has 0 atom stereocenters. The van der Waals surface area contributed by atoms with Crippen LogP contribution in [0.1, 0.15) is 18.9 Å². The number of hydrogen-bond acceptors (Lipinski definition) is 5. The Kier molecular flexibility index (Phi) is 7.93. The third-order valence-electron chi connectivity index (χ3n) is 4.41. The van der Waals surface area contributed by atoms with E-state index in [1.54, 1.807) is 48.7 Å². The van der Waals surface area contributed by atoms with Gasteiger partial charge in [-0.1, -0.05) is 6.07 Å². The van der Waals surface area contributed by atoms with E-state index in [0.29, 0.717) is 29.4 Å². The minimum absolute atomic E-state index is 0.0616. The number of carbonyl (C=O) groups excluding carboxylic acids is 1. The minimum Gasteiger partial charge on any atom is -0.494 e. The van der Waals surface area contributed by atoms with Crippen molar-refractivity contribution >= 4 is 17.7 Å². The highest BCUT2D eigenvalue weighted by atomic mass is 19.1. The molecule has 0 aliphatic carbocycles. The molecule has 0 aliphatic rings. The standard InChI is InChI=1S/C25H22FN3O3/c1-2-31-21-10-8-20(9-11-21)29(16-4-14-27)25(30)13-7-19-6-12-24(23(26)17-19)32-22-5-3-15-28-18-22/h3,5-13,15,17-18H,2,4,16H2,1H3/b13-7+. The van der Waals surface area contributed by atoms with Crippen LogP contribution in [0.2, 0.25) is 0 Å². The van der Waals surface area contributed by atoms with E-state index in [9.17, 15) is 9.18 Å². The average Bonchev–Trinajstić information content (AvgIpc) is 2.81. The average molecular weight is 431 g/mol. The number of halogens is 1. The minimum atomic E-state index is -0.559. The summed E-state index contributed by atoms with van der Waals surface area (Å²) in [6, 6.07) is 16.9. The van der Waals surface area contributed by atoms with E-state index >= 15 is 0 Å². The topological polar surface area (TPSA) is 75.5 Å². The van der Waals surface area contributed by atoms with Gasteiger partial charge in [0.25, 0.3) is 5.91 Å². The number of anilines is 1. The van der Waals surface area contributed by atoms with Crippen LogP contribution in [0.15, 0.2) is 73.1 Å². The number of aromatic nitrogens is 1. The number of hydrogen-bond donors (Lipinski definition) is 0. The van der Waals surface area contributed by atoms with Gasteiger partial charge in [0.1, 0.15) is 11.5 Å². The van der Waals surface area contributed by atoms with E-state index < -0.39 is 5.82 Å². The molecule has 0 bridgehead atoms. The third-order valence-corrected chi connectivity index (χ3v) is 4.41. The Hall–Kier alpha value is -4.18. The maximum absolute atomic E-state index is 14.4. The van der Waals surface area contributed by atoms with Crippen LogP contribution in [0.3, 0.4) is 0 Å². The number of pyridine rings is 1. The summed E-state index contributed by atoms with van der Waals surface area (Å²) in [5, 5.41) is 8.94. The van der Waals surface area contributed by atoms with E-state index in [4.69, 9.17) is 14.7 Å². The van der Waals surface area contributed by atoms with Crippen molar-refractivity contribution in [3.05, 3.63) is 84.4 Å². The lowest BCUT2D eigenvalue weighted by Gasteiger charge is -2.20. The Labute approximate surface area is 186 Å². The van der Waals surface area contributed by atoms with Crippen molar-refractivity contribution in [3.8, 4) is 23.3 Å². The van der Waals surface area contributed by atoms with Crippen LogP contribution >= 0.6 is 0 Å². The molecule has 0 fully saturated rings. The Morgan fingerprint density at radius 1 is 1.19 bits per heavy atom. The van der Waals surface area contributed by atoms with Gasteiger partial charge in [-0.2, -0.15) is 5.26 Å². The number of carbonyl (C=O) groups is 1. The lowest BCUT2D eigenvalue weighted by Crippen LogP contribution is -2.30. The molecule has 0 saturated carbocycles. The predicted octanol–water partition coefficient (Wildman–Crippen LogP) is 5.37. The summed E-state index contributed by atoms with van der Waals surface area (Å²) in [4.78, 5) is 18.2. The summed E-state index contributed by atoms with van der Waals surface area (Å²) < 4.78 is 25.3. The first kappa shape index (κ1) is 22.5. The van der Waals surface area contributed by atoms with Gasteiger partial charge in [0.15, 0.2) is 11.6 Å². The van der Waals surface area contributed by atoms with Gasteiger partial charge in [0.2, 0.25) is 0 Å². The first-order valence-electron chi connectivity index (χ1n) is 10.1. The summed E-state index contributed by atoms with van der Waals surface area (Å²) >= 11 is 0. The van der Waals surface area contributed by atoms with Gasteiger partial charge in [0, 0.05) is 24.5 Å². The summed E-state index contributed by atoms with van der Waals surface area (Å²) in [5.41, 5.74) is 1.14. The van der Waals surface area contributed by atoms with Gasteiger partial charge >= 0.3 is 0 Å². The van der Waals surface area contributed by atoms with E-state index in [0.717, 1.165) is 0 Å². The van der Waals surface area contributed by atoms with Gasteiger partial charge < -0.3 is 14.4 Å². The highest BCUT2D eigenvalue weighted by molar-refractivity contribution is 6.03. The monoisotopic (exact) mass is 431 g/mol. The Morgan fingerprint density at radius 3 is 2.66 bits per heavy atom. The second-order valence-corrected chi connectivity index (χ2v) is 6.64. The summed E-state index contributed by atoms with van der Waals surface area (Å²) in [7, 11) is 0. The summed E-state index contributed by atoms with van der Waals surface area (Å²) in [6.07, 6.45) is 6.14. The highest BCUT2D eigenvalue weighted by Crippen LogP contribution is 2.25. The zero-order chi connectivity index (χ0) is 22.8. The molecular weight excluding hydrogens is 409 g/mol. The second-order valence-electron chi connectivity index (χ2n) is 6.64.